The summed E-state index contributed by atoms with van der Waals surface area (Å²) in [6.07, 6.45) is 4.73. The van der Waals surface area contributed by atoms with Crippen molar-refractivity contribution in [2.45, 2.75) is 52.1 Å². The predicted octanol–water partition coefficient (Wildman–Crippen LogP) is 5.30. The maximum Gasteiger partial charge on any atom is 0.223 e. The summed E-state index contributed by atoms with van der Waals surface area (Å²) in [5.74, 6) is 0.261. The molecule has 178 valence electrons. The van der Waals surface area contributed by atoms with Crippen LogP contribution in [0.3, 0.4) is 0 Å². The van der Waals surface area contributed by atoms with Gasteiger partial charge in [-0.05, 0) is 81.0 Å². The molecule has 1 unspecified atom stereocenters. The van der Waals surface area contributed by atoms with Crippen LogP contribution in [-0.4, -0.2) is 33.7 Å². The highest BCUT2D eigenvalue weighted by atomic mass is 19.1. The quantitative estimate of drug-likeness (QED) is 0.470. The molecule has 3 N–H and O–H groups in total. The van der Waals surface area contributed by atoms with Gasteiger partial charge in [-0.2, -0.15) is 0 Å². The van der Waals surface area contributed by atoms with Gasteiger partial charge in [-0.25, -0.2) is 4.39 Å². The Hall–Kier alpha value is -3.41. The van der Waals surface area contributed by atoms with E-state index in [1.807, 2.05) is 11.0 Å². The molecule has 1 amide bonds. The third kappa shape index (κ3) is 4.76. The van der Waals surface area contributed by atoms with Crippen molar-refractivity contribution in [3.05, 3.63) is 77.4 Å². The maximum atomic E-state index is 13.2. The second-order valence-electron chi connectivity index (χ2n) is 9.95. The molecule has 1 saturated heterocycles. The number of rotatable bonds is 7. The van der Waals surface area contributed by atoms with Crippen LogP contribution in [0.25, 0.3) is 16.5 Å². The molecule has 2 heterocycles. The van der Waals surface area contributed by atoms with Crippen LogP contribution in [0.2, 0.25) is 0 Å². The molecule has 1 aliphatic heterocycles. The van der Waals surface area contributed by atoms with E-state index < -0.39 is 0 Å². The fraction of sp³-hybridized carbons (Fsp3) is 0.357. The van der Waals surface area contributed by atoms with Crippen LogP contribution >= 0.6 is 0 Å². The van der Waals surface area contributed by atoms with Crippen molar-refractivity contribution in [1.82, 2.24) is 9.47 Å². The van der Waals surface area contributed by atoms with E-state index in [-0.39, 0.29) is 17.3 Å². The van der Waals surface area contributed by atoms with Crippen molar-refractivity contribution in [3.8, 4) is 0 Å². The summed E-state index contributed by atoms with van der Waals surface area (Å²) in [7, 11) is 0. The van der Waals surface area contributed by atoms with Crippen LogP contribution in [0.5, 0.6) is 0 Å². The Morgan fingerprint density at radius 2 is 1.94 bits per heavy atom. The number of hydrogen-bond acceptors (Lipinski definition) is 3. The number of likely N-dealkylation sites (tertiary alicyclic amines) is 1. The third-order valence-corrected chi connectivity index (χ3v) is 7.02. The fourth-order valence-corrected chi connectivity index (χ4v) is 5.30. The van der Waals surface area contributed by atoms with Crippen molar-refractivity contribution >= 4 is 28.6 Å². The molecule has 0 bridgehead atoms. The van der Waals surface area contributed by atoms with Gasteiger partial charge in [0.1, 0.15) is 5.82 Å². The molecule has 1 aromatic heterocycles. The summed E-state index contributed by atoms with van der Waals surface area (Å²) in [4.78, 5) is 15.1. The molecule has 0 spiro atoms. The number of benzene rings is 2. The largest absolute Gasteiger partial charge is 0.404 e. The SMILES string of the molecule is Cc1cc2cc(/C(C=N)=C/N)ccc2n1CC1CN(C(=O)CCc2ccc(F)cc2)C(C)(C)C1. The van der Waals surface area contributed by atoms with Gasteiger partial charge in [0.15, 0.2) is 0 Å². The van der Waals surface area contributed by atoms with Crippen molar-refractivity contribution < 1.29 is 9.18 Å². The Bertz CT molecular complexity index is 1240. The number of halogens is 1. The van der Waals surface area contributed by atoms with Gasteiger partial charge in [0.05, 0.1) is 0 Å². The highest BCUT2D eigenvalue weighted by Gasteiger charge is 2.40. The van der Waals surface area contributed by atoms with E-state index >= 15 is 0 Å². The molecule has 0 radical (unpaired) electrons. The number of amides is 1. The van der Waals surface area contributed by atoms with Gasteiger partial charge in [-0.3, -0.25) is 4.79 Å². The van der Waals surface area contributed by atoms with Gasteiger partial charge in [-0.1, -0.05) is 18.2 Å². The number of fused-ring (bicyclic) bond motifs is 1. The lowest BCUT2D eigenvalue weighted by atomic mass is 9.96. The van der Waals surface area contributed by atoms with Crippen LogP contribution in [-0.2, 0) is 17.8 Å². The fourth-order valence-electron chi connectivity index (χ4n) is 5.30. The number of hydrogen-bond donors (Lipinski definition) is 2. The summed E-state index contributed by atoms with van der Waals surface area (Å²) < 4.78 is 15.5. The number of nitrogens with two attached hydrogens (primary N) is 1. The number of carbonyl (C=O) groups is 1. The van der Waals surface area contributed by atoms with Crippen molar-refractivity contribution in [2.24, 2.45) is 11.7 Å². The number of nitrogens with one attached hydrogen (secondary N) is 1. The number of nitrogens with zero attached hydrogens (tertiary/aromatic N) is 2. The Kier molecular flexibility index (Phi) is 6.60. The molecule has 0 saturated carbocycles. The van der Waals surface area contributed by atoms with E-state index in [0.717, 1.165) is 41.5 Å². The average molecular weight is 461 g/mol. The molecular weight excluding hydrogens is 427 g/mol. The van der Waals surface area contributed by atoms with Crippen molar-refractivity contribution in [1.29, 1.82) is 5.41 Å². The summed E-state index contributed by atoms with van der Waals surface area (Å²) in [6.45, 7) is 7.99. The lowest BCUT2D eigenvalue weighted by Crippen LogP contribution is -2.42. The van der Waals surface area contributed by atoms with E-state index in [9.17, 15) is 9.18 Å². The Morgan fingerprint density at radius 1 is 1.21 bits per heavy atom. The minimum absolute atomic E-state index is 0.156. The lowest BCUT2D eigenvalue weighted by molar-refractivity contribution is -0.134. The second kappa shape index (κ2) is 9.45. The van der Waals surface area contributed by atoms with E-state index in [1.54, 1.807) is 12.1 Å². The lowest BCUT2D eigenvalue weighted by Gasteiger charge is -2.31. The summed E-state index contributed by atoms with van der Waals surface area (Å²) >= 11 is 0. The molecule has 2 aromatic carbocycles. The molecule has 6 heteroatoms. The summed E-state index contributed by atoms with van der Waals surface area (Å²) in [5.41, 5.74) is 10.4. The molecule has 4 rings (SSSR count). The van der Waals surface area contributed by atoms with Gasteiger partial charge in [0.25, 0.3) is 0 Å². The maximum absolute atomic E-state index is 13.2. The van der Waals surface area contributed by atoms with Gasteiger partial charge >= 0.3 is 0 Å². The molecular formula is C28H33FN4O. The van der Waals surface area contributed by atoms with Crippen molar-refractivity contribution in [3.63, 3.8) is 0 Å². The molecule has 1 aliphatic rings. The summed E-state index contributed by atoms with van der Waals surface area (Å²) in [6, 6.07) is 14.7. The minimum Gasteiger partial charge on any atom is -0.404 e. The van der Waals surface area contributed by atoms with Crippen LogP contribution < -0.4 is 5.73 Å². The molecule has 0 aliphatic carbocycles. The molecule has 34 heavy (non-hydrogen) atoms. The minimum atomic E-state index is -0.256. The Morgan fingerprint density at radius 3 is 2.62 bits per heavy atom. The van der Waals surface area contributed by atoms with E-state index in [4.69, 9.17) is 11.1 Å². The zero-order chi connectivity index (χ0) is 24.5. The normalized spacial score (nSPS) is 17.9. The average Bonchev–Trinajstić information content (AvgIpc) is 3.28. The molecule has 1 atom stereocenters. The smallest absolute Gasteiger partial charge is 0.223 e. The van der Waals surface area contributed by atoms with Crippen molar-refractivity contribution in [2.75, 3.05) is 6.54 Å². The first-order chi connectivity index (χ1) is 16.2. The van der Waals surface area contributed by atoms with Gasteiger partial charge < -0.3 is 20.6 Å². The molecule has 1 fully saturated rings. The zero-order valence-corrected chi connectivity index (χ0v) is 20.1. The zero-order valence-electron chi connectivity index (χ0n) is 20.1. The first-order valence-electron chi connectivity index (χ1n) is 11.8. The second-order valence-corrected chi connectivity index (χ2v) is 9.95. The third-order valence-electron chi connectivity index (χ3n) is 7.02. The number of allylic oxidation sites excluding steroid dienone is 1. The highest BCUT2D eigenvalue weighted by molar-refractivity contribution is 6.09. The standard InChI is InChI=1S/C28H33FN4O/c1-19-12-23-13-22(24(15-30)16-31)7-10-26(23)32(19)17-21-14-28(2,3)33(18-21)27(34)11-6-20-4-8-25(29)9-5-20/h4-5,7-10,12-13,15-16,21,30H,6,11,14,17-18,31H2,1-3H3/b24-16+,30-15?. The van der Waals surface area contributed by atoms with E-state index in [1.165, 1.54) is 30.2 Å². The number of carbonyl (C=O) groups excluding carboxylic acids is 1. The Balaban J connectivity index is 1.47. The van der Waals surface area contributed by atoms with Crippen LogP contribution in [0.1, 0.15) is 43.5 Å². The van der Waals surface area contributed by atoms with Crippen LogP contribution in [0.15, 0.2) is 54.7 Å². The molecule has 5 nitrogen and oxygen atoms in total. The molecule has 3 aromatic rings. The summed E-state index contributed by atoms with van der Waals surface area (Å²) in [5, 5.41) is 8.68. The van der Waals surface area contributed by atoms with Gasteiger partial charge in [0, 0.05) is 59.6 Å². The first-order valence-corrected chi connectivity index (χ1v) is 11.8. The topological polar surface area (TPSA) is 75.1 Å². The monoisotopic (exact) mass is 460 g/mol. The Labute approximate surface area is 200 Å². The highest BCUT2D eigenvalue weighted by Crippen LogP contribution is 2.35. The van der Waals surface area contributed by atoms with Gasteiger partial charge in [0.2, 0.25) is 5.91 Å². The number of aryl methyl sites for hydroxylation is 2. The van der Waals surface area contributed by atoms with Crippen LogP contribution in [0, 0.1) is 24.1 Å². The predicted molar refractivity (Wildman–Crippen MR) is 136 cm³/mol. The van der Waals surface area contributed by atoms with E-state index in [2.05, 4.69) is 43.5 Å². The van der Waals surface area contributed by atoms with E-state index in [0.29, 0.717) is 24.3 Å². The first kappa shape index (κ1) is 23.7. The number of aromatic nitrogens is 1. The van der Waals surface area contributed by atoms with Gasteiger partial charge in [-0.15, -0.1) is 0 Å². The van der Waals surface area contributed by atoms with Crippen LogP contribution in [0.4, 0.5) is 4.39 Å².